The first-order chi connectivity index (χ1) is 17.0. The summed E-state index contributed by atoms with van der Waals surface area (Å²) < 4.78 is 14.0. The standard InChI is InChI=1S/C32H56O3Si2/c1-12-13-14-15-28(34-36(8,9)31(2,3)4)23-16-18-24(19-17-23)30-27-22-26(33)20-25(27)21-29(30)35-37(10,11)32(5,6)7/h16-19,25,27-30H,12-15,20-22H2,1-11H3/t25-,27-,28-,29+,30+/m0/s1. The maximum absolute atomic E-state index is 12.4. The van der Waals surface area contributed by atoms with Crippen LogP contribution in [0.25, 0.3) is 0 Å². The molecular weight excluding hydrogens is 489 g/mol. The summed E-state index contributed by atoms with van der Waals surface area (Å²) in [6.07, 6.45) is 7.64. The van der Waals surface area contributed by atoms with Crippen molar-refractivity contribution in [2.45, 2.75) is 148 Å². The highest BCUT2D eigenvalue weighted by Gasteiger charge is 2.52. The number of benzene rings is 1. The van der Waals surface area contributed by atoms with Crippen LogP contribution in [-0.2, 0) is 13.6 Å². The first-order valence-electron chi connectivity index (χ1n) is 14.9. The molecule has 37 heavy (non-hydrogen) atoms. The summed E-state index contributed by atoms with van der Waals surface area (Å²) in [5.41, 5.74) is 2.66. The third-order valence-corrected chi connectivity index (χ3v) is 19.2. The zero-order valence-electron chi connectivity index (χ0n) is 25.9. The van der Waals surface area contributed by atoms with Crippen LogP contribution in [0.5, 0.6) is 0 Å². The van der Waals surface area contributed by atoms with Gasteiger partial charge in [-0.25, -0.2) is 0 Å². The summed E-state index contributed by atoms with van der Waals surface area (Å²) in [6.45, 7) is 25.7. The van der Waals surface area contributed by atoms with Crippen LogP contribution in [0, 0.1) is 11.8 Å². The van der Waals surface area contributed by atoms with Gasteiger partial charge in [-0.05, 0) is 72.1 Å². The van der Waals surface area contributed by atoms with E-state index in [1.807, 2.05) is 0 Å². The Bertz CT molecular complexity index is 907. The van der Waals surface area contributed by atoms with Crippen LogP contribution < -0.4 is 0 Å². The van der Waals surface area contributed by atoms with Gasteiger partial charge >= 0.3 is 0 Å². The molecule has 2 aliphatic rings. The summed E-state index contributed by atoms with van der Waals surface area (Å²) in [5, 5.41) is 0.375. The second kappa shape index (κ2) is 11.4. The second-order valence-corrected chi connectivity index (χ2v) is 24.6. The fourth-order valence-corrected chi connectivity index (χ4v) is 8.50. The smallest absolute Gasteiger partial charge is 0.192 e. The van der Waals surface area contributed by atoms with Crippen molar-refractivity contribution in [2.75, 3.05) is 0 Å². The van der Waals surface area contributed by atoms with E-state index in [-0.39, 0.29) is 22.3 Å². The molecule has 0 spiro atoms. The Morgan fingerprint density at radius 1 is 0.892 bits per heavy atom. The summed E-state index contributed by atoms with van der Waals surface area (Å²) in [6, 6.07) is 9.34. The number of fused-ring (bicyclic) bond motifs is 1. The molecule has 0 aromatic heterocycles. The van der Waals surface area contributed by atoms with Gasteiger partial charge in [0.05, 0.1) is 12.2 Å². The molecule has 2 fully saturated rings. The molecule has 0 amide bonds. The van der Waals surface area contributed by atoms with Crippen LogP contribution in [0.1, 0.15) is 117 Å². The van der Waals surface area contributed by atoms with Gasteiger partial charge in [-0.15, -0.1) is 0 Å². The molecule has 3 nitrogen and oxygen atoms in total. The Hall–Kier alpha value is -0.756. The van der Waals surface area contributed by atoms with Gasteiger partial charge in [-0.1, -0.05) is 92.0 Å². The van der Waals surface area contributed by atoms with Gasteiger partial charge in [0.25, 0.3) is 0 Å². The van der Waals surface area contributed by atoms with E-state index in [1.165, 1.54) is 30.4 Å². The number of ketones is 1. The first kappa shape index (κ1) is 30.8. The lowest BCUT2D eigenvalue weighted by molar-refractivity contribution is -0.118. The Balaban J connectivity index is 1.88. The fourth-order valence-electron chi connectivity index (χ4n) is 5.83. The maximum atomic E-state index is 12.4. The third kappa shape index (κ3) is 7.07. The van der Waals surface area contributed by atoms with Gasteiger partial charge in [-0.2, -0.15) is 0 Å². The minimum atomic E-state index is -1.90. The van der Waals surface area contributed by atoms with Crippen LogP contribution in [0.15, 0.2) is 24.3 Å². The molecule has 0 heterocycles. The molecule has 0 bridgehead atoms. The van der Waals surface area contributed by atoms with Crippen LogP contribution in [-0.4, -0.2) is 28.5 Å². The molecule has 5 heteroatoms. The van der Waals surface area contributed by atoms with Crippen molar-refractivity contribution in [3.63, 3.8) is 0 Å². The Morgan fingerprint density at radius 2 is 1.49 bits per heavy atom. The van der Waals surface area contributed by atoms with E-state index in [9.17, 15) is 4.79 Å². The van der Waals surface area contributed by atoms with Crippen LogP contribution in [0.2, 0.25) is 36.3 Å². The van der Waals surface area contributed by atoms with E-state index in [0.717, 1.165) is 25.7 Å². The molecule has 3 rings (SSSR count). The average molecular weight is 545 g/mol. The van der Waals surface area contributed by atoms with Gasteiger partial charge in [0.1, 0.15) is 5.78 Å². The highest BCUT2D eigenvalue weighted by atomic mass is 28.4. The van der Waals surface area contributed by atoms with E-state index in [4.69, 9.17) is 8.85 Å². The van der Waals surface area contributed by atoms with E-state index in [2.05, 4.69) is 98.9 Å². The summed E-state index contributed by atoms with van der Waals surface area (Å²) in [7, 11) is -3.79. The molecule has 2 saturated carbocycles. The maximum Gasteiger partial charge on any atom is 0.192 e. The molecule has 2 aliphatic carbocycles. The molecule has 1 aromatic carbocycles. The van der Waals surface area contributed by atoms with Crippen LogP contribution in [0.3, 0.4) is 0 Å². The fraction of sp³-hybridized carbons (Fsp3) is 0.781. The largest absolute Gasteiger partial charge is 0.413 e. The van der Waals surface area contributed by atoms with E-state index in [1.54, 1.807) is 0 Å². The number of hydrogen-bond donors (Lipinski definition) is 0. The number of carbonyl (C=O) groups excluding carboxylic acids is 1. The van der Waals surface area contributed by atoms with Gasteiger partial charge in [0, 0.05) is 18.8 Å². The molecule has 0 radical (unpaired) electrons. The zero-order chi connectivity index (χ0) is 27.8. The molecule has 0 N–H and O–H groups in total. The van der Waals surface area contributed by atoms with Gasteiger partial charge < -0.3 is 8.85 Å². The lowest BCUT2D eigenvalue weighted by atomic mass is 9.85. The number of carbonyl (C=O) groups is 1. The molecule has 5 atom stereocenters. The lowest BCUT2D eigenvalue weighted by Crippen LogP contribution is -2.44. The summed E-state index contributed by atoms with van der Waals surface area (Å²) in [4.78, 5) is 12.4. The van der Waals surface area contributed by atoms with Crippen molar-refractivity contribution in [3.8, 4) is 0 Å². The minimum absolute atomic E-state index is 0.158. The molecular formula is C32H56O3Si2. The van der Waals surface area contributed by atoms with E-state index >= 15 is 0 Å². The molecule has 0 saturated heterocycles. The number of Topliss-reactive ketones (excluding diaryl/α,β-unsaturated/α-hetero) is 1. The number of rotatable bonds is 10. The van der Waals surface area contributed by atoms with Gasteiger partial charge in [0.2, 0.25) is 0 Å². The quantitative estimate of drug-likeness (QED) is 0.217. The van der Waals surface area contributed by atoms with Crippen molar-refractivity contribution in [2.24, 2.45) is 11.8 Å². The van der Waals surface area contributed by atoms with Gasteiger partial charge in [-0.3, -0.25) is 4.79 Å². The van der Waals surface area contributed by atoms with Crippen molar-refractivity contribution in [1.29, 1.82) is 0 Å². The Morgan fingerprint density at radius 3 is 2.03 bits per heavy atom. The number of hydrogen-bond acceptors (Lipinski definition) is 3. The number of unbranched alkanes of at least 4 members (excludes halogenated alkanes) is 2. The highest BCUT2D eigenvalue weighted by molar-refractivity contribution is 6.74. The normalized spacial score (nSPS) is 26.0. The second-order valence-electron chi connectivity index (χ2n) is 15.1. The van der Waals surface area contributed by atoms with Gasteiger partial charge in [0.15, 0.2) is 16.6 Å². The predicted molar refractivity (Wildman–Crippen MR) is 162 cm³/mol. The Labute approximate surface area is 230 Å². The zero-order valence-corrected chi connectivity index (χ0v) is 27.9. The monoisotopic (exact) mass is 544 g/mol. The van der Waals surface area contributed by atoms with Crippen molar-refractivity contribution >= 4 is 22.4 Å². The Kier molecular flexibility index (Phi) is 9.47. The third-order valence-electron chi connectivity index (χ3n) is 10.2. The van der Waals surface area contributed by atoms with E-state index in [0.29, 0.717) is 23.5 Å². The summed E-state index contributed by atoms with van der Waals surface area (Å²) >= 11 is 0. The van der Waals surface area contributed by atoms with Crippen LogP contribution >= 0.6 is 0 Å². The van der Waals surface area contributed by atoms with Crippen molar-refractivity contribution in [3.05, 3.63) is 35.4 Å². The lowest BCUT2D eigenvalue weighted by Gasteiger charge is -2.40. The molecule has 1 aromatic rings. The minimum Gasteiger partial charge on any atom is -0.413 e. The highest BCUT2D eigenvalue weighted by Crippen LogP contribution is 2.54. The molecule has 0 aliphatic heterocycles. The molecule has 210 valence electrons. The van der Waals surface area contributed by atoms with Crippen LogP contribution in [0.4, 0.5) is 0 Å². The predicted octanol–water partition coefficient (Wildman–Crippen LogP) is 9.80. The average Bonchev–Trinajstić information content (AvgIpc) is 3.26. The summed E-state index contributed by atoms with van der Waals surface area (Å²) in [5.74, 6) is 1.67. The van der Waals surface area contributed by atoms with Crippen molar-refractivity contribution < 1.29 is 13.6 Å². The first-order valence-corrected chi connectivity index (χ1v) is 20.8. The molecule has 0 unspecified atom stereocenters. The SMILES string of the molecule is CCCCC[C@H](O[Si](C)(C)C(C)(C)C)c1ccc([C@@H]2[C@H]3CC(=O)C[C@H]3C[C@H]2O[Si](C)(C)C(C)(C)C)cc1. The topological polar surface area (TPSA) is 35.5 Å². The van der Waals surface area contributed by atoms with E-state index < -0.39 is 16.6 Å². The van der Waals surface area contributed by atoms with Crippen molar-refractivity contribution in [1.82, 2.24) is 0 Å².